The van der Waals surface area contributed by atoms with E-state index in [-0.39, 0.29) is 29.6 Å². The molecule has 1 spiro atoms. The smallest absolute Gasteiger partial charge is 0.410 e. The molecular formula is C35H43N5O4S. The lowest BCUT2D eigenvalue weighted by Gasteiger charge is -2.55. The lowest BCUT2D eigenvalue weighted by atomic mass is 9.60. The Morgan fingerprint density at radius 2 is 1.73 bits per heavy atom. The molecule has 3 aromatic rings. The molecule has 2 aromatic carbocycles. The van der Waals surface area contributed by atoms with Gasteiger partial charge in [-0.3, -0.25) is 9.52 Å². The average molecular weight is 630 g/mol. The number of anilines is 1. The number of carbonyl (C=O) groups excluding carboxylic acids is 2. The average Bonchev–Trinajstić information content (AvgIpc) is 2.96. The minimum Gasteiger partial charge on any atom is -0.473 e. The van der Waals surface area contributed by atoms with Gasteiger partial charge in [0.15, 0.2) is 0 Å². The molecule has 1 aliphatic carbocycles. The summed E-state index contributed by atoms with van der Waals surface area (Å²) in [5, 5.41) is 0. The Hall–Kier alpha value is -3.79. The number of benzene rings is 2. The standard InChI is InChI=1S/C35H43N5O4S/c1-22-9-7-10-23(2)30(22)28-18-29-37-32(36-28)38-45-27-12-8-11-25(17-27)31(41)40(21-24(3)43-29)26-19-35(20-26)13-15-39(16-14-35)33(42)44-34(4,5)6/h7-12,17-18,24,26H,13-16,19-21H2,1-6H3,(H,36,37,38)/t24-/m1/s1. The topological polar surface area (TPSA) is 96.9 Å². The third-order valence-corrected chi connectivity index (χ3v) is 9.85. The first kappa shape index (κ1) is 31.2. The van der Waals surface area contributed by atoms with Crippen LogP contribution >= 0.6 is 11.9 Å². The van der Waals surface area contributed by atoms with Crippen molar-refractivity contribution in [2.45, 2.75) is 89.9 Å². The number of ether oxygens (including phenoxy) is 2. The summed E-state index contributed by atoms with van der Waals surface area (Å²) in [5.74, 6) is 0.928. The second kappa shape index (κ2) is 12.2. The molecule has 4 bridgehead atoms. The molecule has 3 aliphatic rings. The highest BCUT2D eigenvalue weighted by atomic mass is 32.2. The number of nitrogens with zero attached hydrogens (tertiary/aromatic N) is 4. The Labute approximate surface area is 270 Å². The monoisotopic (exact) mass is 629 g/mol. The molecule has 3 heterocycles. The minimum absolute atomic E-state index is 0.00667. The number of nitrogens with one attached hydrogen (secondary N) is 1. The van der Waals surface area contributed by atoms with Gasteiger partial charge in [0.1, 0.15) is 11.7 Å². The predicted octanol–water partition coefficient (Wildman–Crippen LogP) is 7.28. The number of likely N-dealkylation sites (tertiary alicyclic amines) is 1. The number of carbonyl (C=O) groups is 2. The Morgan fingerprint density at radius 3 is 2.42 bits per heavy atom. The third-order valence-electron chi connectivity index (χ3n) is 9.07. The Bertz CT molecular complexity index is 1570. The maximum Gasteiger partial charge on any atom is 0.410 e. The number of amides is 2. The lowest BCUT2D eigenvalue weighted by molar-refractivity contribution is -0.0459. The molecule has 238 valence electrons. The summed E-state index contributed by atoms with van der Waals surface area (Å²) in [7, 11) is 0. The summed E-state index contributed by atoms with van der Waals surface area (Å²) in [4.78, 5) is 41.0. The molecule has 1 N–H and O–H groups in total. The first-order valence-electron chi connectivity index (χ1n) is 15.8. The summed E-state index contributed by atoms with van der Waals surface area (Å²) in [6.07, 6.45) is 3.12. The van der Waals surface area contributed by atoms with Gasteiger partial charge < -0.3 is 19.3 Å². The molecule has 1 saturated heterocycles. The molecular weight excluding hydrogens is 586 g/mol. The molecule has 9 nitrogen and oxygen atoms in total. The summed E-state index contributed by atoms with van der Waals surface area (Å²) in [5.41, 5.74) is 4.39. The van der Waals surface area contributed by atoms with Crippen molar-refractivity contribution < 1.29 is 19.1 Å². The van der Waals surface area contributed by atoms with Crippen LogP contribution in [0.5, 0.6) is 5.88 Å². The van der Waals surface area contributed by atoms with Crippen molar-refractivity contribution in [2.24, 2.45) is 5.41 Å². The number of hydrogen-bond acceptors (Lipinski definition) is 8. The molecule has 1 saturated carbocycles. The zero-order valence-corrected chi connectivity index (χ0v) is 27.9. The number of aryl methyl sites for hydroxylation is 2. The van der Waals surface area contributed by atoms with Crippen molar-refractivity contribution in [1.82, 2.24) is 19.8 Å². The van der Waals surface area contributed by atoms with Gasteiger partial charge in [0, 0.05) is 41.2 Å². The number of rotatable bonds is 2. The van der Waals surface area contributed by atoms with Crippen molar-refractivity contribution in [3.63, 3.8) is 0 Å². The van der Waals surface area contributed by atoms with Gasteiger partial charge in [-0.1, -0.05) is 24.3 Å². The van der Waals surface area contributed by atoms with Crippen LogP contribution in [0.4, 0.5) is 10.7 Å². The van der Waals surface area contributed by atoms with E-state index in [4.69, 9.17) is 19.4 Å². The van der Waals surface area contributed by atoms with Gasteiger partial charge in [0.2, 0.25) is 11.8 Å². The predicted molar refractivity (Wildman–Crippen MR) is 176 cm³/mol. The fourth-order valence-electron chi connectivity index (χ4n) is 6.82. The lowest BCUT2D eigenvalue weighted by Crippen LogP contribution is -2.58. The van der Waals surface area contributed by atoms with E-state index in [1.165, 1.54) is 11.9 Å². The van der Waals surface area contributed by atoms with Crippen molar-refractivity contribution in [3.8, 4) is 17.1 Å². The molecule has 1 atom stereocenters. The Morgan fingerprint density at radius 1 is 1.04 bits per heavy atom. The number of hydrogen-bond donors (Lipinski definition) is 1. The van der Waals surface area contributed by atoms with E-state index < -0.39 is 5.60 Å². The molecule has 0 unspecified atom stereocenters. The molecule has 45 heavy (non-hydrogen) atoms. The highest BCUT2D eigenvalue weighted by Crippen LogP contribution is 2.51. The highest BCUT2D eigenvalue weighted by Gasteiger charge is 2.50. The van der Waals surface area contributed by atoms with E-state index in [0.717, 1.165) is 53.0 Å². The normalized spacial score (nSPS) is 20.2. The molecule has 0 radical (unpaired) electrons. The second-order valence-electron chi connectivity index (χ2n) is 13.8. The molecule has 2 amide bonds. The van der Waals surface area contributed by atoms with Crippen LogP contribution in [-0.2, 0) is 4.74 Å². The zero-order valence-electron chi connectivity index (χ0n) is 27.1. The highest BCUT2D eigenvalue weighted by molar-refractivity contribution is 8.00. The van der Waals surface area contributed by atoms with Crippen molar-refractivity contribution >= 4 is 29.9 Å². The zero-order chi connectivity index (χ0) is 31.9. The summed E-state index contributed by atoms with van der Waals surface area (Å²) in [6.45, 7) is 13.6. The fraction of sp³-hybridized carbons (Fsp3) is 0.486. The van der Waals surface area contributed by atoms with Crippen LogP contribution in [0.3, 0.4) is 0 Å². The summed E-state index contributed by atoms with van der Waals surface area (Å²) >= 11 is 1.38. The molecule has 6 rings (SSSR count). The minimum atomic E-state index is -0.507. The molecule has 1 aromatic heterocycles. The molecule has 2 fully saturated rings. The largest absolute Gasteiger partial charge is 0.473 e. The van der Waals surface area contributed by atoms with Crippen LogP contribution in [0.1, 0.15) is 74.9 Å². The van der Waals surface area contributed by atoms with Crippen LogP contribution < -0.4 is 9.46 Å². The summed E-state index contributed by atoms with van der Waals surface area (Å²) in [6, 6.07) is 15.9. The van der Waals surface area contributed by atoms with Crippen LogP contribution in [0.2, 0.25) is 0 Å². The fourth-order valence-corrected chi connectivity index (χ4v) is 7.45. The van der Waals surface area contributed by atoms with Crippen LogP contribution in [0.15, 0.2) is 53.4 Å². The quantitative estimate of drug-likeness (QED) is 0.296. The van der Waals surface area contributed by atoms with Crippen molar-refractivity contribution in [1.29, 1.82) is 0 Å². The SMILES string of the molecule is Cc1cccc(C)c1-c1cc2nc(n1)NSc1cccc(c1)C(=O)N(C1CC3(CCN(C(=O)OC(C)(C)C)CC3)C1)C[C@@H](C)O2. The van der Waals surface area contributed by atoms with Crippen LogP contribution in [0.25, 0.3) is 11.3 Å². The van der Waals surface area contributed by atoms with E-state index in [1.807, 2.05) is 73.9 Å². The molecule has 10 heteroatoms. The van der Waals surface area contributed by atoms with E-state index in [2.05, 4.69) is 30.7 Å². The van der Waals surface area contributed by atoms with Gasteiger partial charge in [-0.25, -0.2) is 9.78 Å². The van der Waals surface area contributed by atoms with Gasteiger partial charge in [-0.05, 0) is 114 Å². The maximum absolute atomic E-state index is 14.1. The Balaban J connectivity index is 1.23. The van der Waals surface area contributed by atoms with Gasteiger partial charge in [0.25, 0.3) is 5.91 Å². The van der Waals surface area contributed by atoms with E-state index in [0.29, 0.717) is 37.0 Å². The van der Waals surface area contributed by atoms with E-state index in [1.54, 1.807) is 0 Å². The van der Waals surface area contributed by atoms with Crippen LogP contribution in [0, 0.1) is 19.3 Å². The van der Waals surface area contributed by atoms with Gasteiger partial charge in [-0.2, -0.15) is 4.98 Å². The van der Waals surface area contributed by atoms with Crippen LogP contribution in [-0.4, -0.2) is 69.1 Å². The third kappa shape index (κ3) is 6.90. The van der Waals surface area contributed by atoms with Gasteiger partial charge in [-0.15, -0.1) is 0 Å². The second-order valence-corrected chi connectivity index (χ2v) is 14.7. The Kier molecular flexibility index (Phi) is 8.45. The van der Waals surface area contributed by atoms with Crippen molar-refractivity contribution in [2.75, 3.05) is 24.4 Å². The van der Waals surface area contributed by atoms with Crippen molar-refractivity contribution in [3.05, 3.63) is 65.2 Å². The summed E-state index contributed by atoms with van der Waals surface area (Å²) < 4.78 is 15.3. The number of aromatic nitrogens is 2. The van der Waals surface area contributed by atoms with E-state index >= 15 is 0 Å². The van der Waals surface area contributed by atoms with Gasteiger partial charge >= 0.3 is 6.09 Å². The maximum atomic E-state index is 14.1. The molecule has 2 aliphatic heterocycles. The van der Waals surface area contributed by atoms with Gasteiger partial charge in [0.05, 0.1) is 12.2 Å². The number of piperidine rings is 1. The number of fused-ring (bicyclic) bond motifs is 4. The first-order valence-corrected chi connectivity index (χ1v) is 16.6. The first-order chi connectivity index (χ1) is 21.4. The van der Waals surface area contributed by atoms with E-state index in [9.17, 15) is 9.59 Å².